The summed E-state index contributed by atoms with van der Waals surface area (Å²) in [6.45, 7) is -0.162. The number of unbranched alkanes of at least 4 members (excludes halogenated alkanes) is 1. The molecule has 0 aliphatic carbocycles. The molecule has 0 spiro atoms. The Morgan fingerprint density at radius 2 is 2.15 bits per heavy atom. The van der Waals surface area contributed by atoms with Crippen LogP contribution in [0.2, 0.25) is 0 Å². The van der Waals surface area contributed by atoms with Gasteiger partial charge in [-0.2, -0.15) is 0 Å². The average Bonchev–Trinajstić information content (AvgIpc) is 2.03. The van der Waals surface area contributed by atoms with Crippen LogP contribution in [0.4, 0.5) is 0 Å². The first-order valence-electron chi connectivity index (χ1n) is 3.81. The van der Waals surface area contributed by atoms with Gasteiger partial charge in [-0.1, -0.05) is 5.18 Å². The van der Waals surface area contributed by atoms with Crippen molar-refractivity contribution in [3.8, 4) is 0 Å². The Balaban J connectivity index is 3.55. The smallest absolute Gasteiger partial charge is 0.245 e. The largest absolute Gasteiger partial charge is 0.368 e. The minimum absolute atomic E-state index is 0.162. The zero-order valence-electron chi connectivity index (χ0n) is 7.01. The highest BCUT2D eigenvalue weighted by Gasteiger charge is 2.14. The van der Waals surface area contributed by atoms with E-state index < -0.39 is 16.9 Å². The fourth-order valence-corrected chi connectivity index (χ4v) is 0.825. The highest BCUT2D eigenvalue weighted by atomic mass is 16.6. The summed E-state index contributed by atoms with van der Waals surface area (Å²) in [5, 5.41) is 12.4. The summed E-state index contributed by atoms with van der Waals surface area (Å²) in [5.41, 5.74) is 4.82. The number of nitrogens with zero attached hydrogens (tertiary/aromatic N) is 2. The Bertz CT molecular complexity index is 206. The van der Waals surface area contributed by atoms with Crippen LogP contribution in [-0.4, -0.2) is 23.4 Å². The topological polar surface area (TPSA) is 116 Å². The molecule has 0 aromatic carbocycles. The fourth-order valence-electron chi connectivity index (χ4n) is 0.825. The highest BCUT2D eigenvalue weighted by molar-refractivity contribution is 5.79. The van der Waals surface area contributed by atoms with E-state index in [1.807, 2.05) is 0 Å². The van der Waals surface area contributed by atoms with Crippen LogP contribution >= 0.6 is 0 Å². The van der Waals surface area contributed by atoms with Gasteiger partial charge in [0.15, 0.2) is 6.04 Å². The molecule has 0 fully saturated rings. The lowest BCUT2D eigenvalue weighted by Gasteiger charge is -2.01. The molecule has 1 atom stereocenters. The van der Waals surface area contributed by atoms with Crippen LogP contribution in [0.15, 0.2) is 5.18 Å². The average molecular weight is 189 g/mol. The summed E-state index contributed by atoms with van der Waals surface area (Å²) >= 11 is 0. The van der Waals surface area contributed by atoms with Gasteiger partial charge in [-0.05, 0) is 12.8 Å². The van der Waals surface area contributed by atoms with Crippen LogP contribution < -0.4 is 5.73 Å². The molecule has 1 unspecified atom stereocenters. The van der Waals surface area contributed by atoms with E-state index in [0.29, 0.717) is 12.8 Å². The molecule has 0 aliphatic rings. The summed E-state index contributed by atoms with van der Waals surface area (Å²) in [6.07, 6.45) is 0.916. The third-order valence-electron chi connectivity index (χ3n) is 1.52. The van der Waals surface area contributed by atoms with Crippen molar-refractivity contribution in [3.05, 3.63) is 15.0 Å². The molecule has 0 aromatic rings. The van der Waals surface area contributed by atoms with Crippen molar-refractivity contribution in [1.82, 2.24) is 0 Å². The van der Waals surface area contributed by atoms with E-state index in [9.17, 15) is 19.8 Å². The lowest BCUT2D eigenvalue weighted by molar-refractivity contribution is -0.480. The molecule has 0 saturated carbocycles. The number of nitroso groups, excluding NO2 is 1. The number of rotatable bonds is 7. The molecule has 0 aromatic heterocycles. The number of nitrogens with two attached hydrogens (primary N) is 1. The van der Waals surface area contributed by atoms with Gasteiger partial charge in [0.05, 0.1) is 0 Å². The van der Waals surface area contributed by atoms with Crippen molar-refractivity contribution in [3.63, 3.8) is 0 Å². The van der Waals surface area contributed by atoms with Crippen molar-refractivity contribution < 1.29 is 9.72 Å². The summed E-state index contributed by atoms with van der Waals surface area (Å²) < 4.78 is 0. The van der Waals surface area contributed by atoms with Crippen LogP contribution in [0.3, 0.4) is 0 Å². The Morgan fingerprint density at radius 1 is 1.54 bits per heavy atom. The number of carbonyl (C=O) groups excluding carboxylic acids is 1. The summed E-state index contributed by atoms with van der Waals surface area (Å²) in [5.74, 6) is -0.781. The summed E-state index contributed by atoms with van der Waals surface area (Å²) in [7, 11) is 0. The second-order valence-electron chi connectivity index (χ2n) is 2.58. The zero-order chi connectivity index (χ0) is 10.3. The summed E-state index contributed by atoms with van der Waals surface area (Å²) in [6, 6.07) is -1.05. The SMILES string of the molecule is NC(=O)C(CCCC[N+](=O)[O-])N=O. The molecule has 13 heavy (non-hydrogen) atoms. The van der Waals surface area contributed by atoms with E-state index in [1.165, 1.54) is 0 Å². The number of primary amides is 1. The molecule has 1 amide bonds. The maximum Gasteiger partial charge on any atom is 0.245 e. The first kappa shape index (κ1) is 11.5. The molecule has 0 heterocycles. The van der Waals surface area contributed by atoms with Gasteiger partial charge in [0.25, 0.3) is 0 Å². The Kier molecular flexibility index (Phi) is 5.33. The standard InChI is InChI=1S/C6H11N3O4/c7-6(10)5(8-11)3-1-2-4-9(12)13/h5H,1-4H2,(H2,7,10). The van der Waals surface area contributed by atoms with Gasteiger partial charge < -0.3 is 5.73 Å². The highest BCUT2D eigenvalue weighted by Crippen LogP contribution is 2.03. The van der Waals surface area contributed by atoms with Crippen LogP contribution in [-0.2, 0) is 4.79 Å². The predicted octanol–water partition coefficient (Wildman–Crippen LogP) is 0.0537. The molecular weight excluding hydrogens is 178 g/mol. The van der Waals surface area contributed by atoms with Crippen LogP contribution in [0, 0.1) is 15.0 Å². The number of nitro groups is 1. The molecule has 7 nitrogen and oxygen atoms in total. The van der Waals surface area contributed by atoms with E-state index in [2.05, 4.69) is 5.18 Å². The second-order valence-corrected chi connectivity index (χ2v) is 2.58. The summed E-state index contributed by atoms with van der Waals surface area (Å²) in [4.78, 5) is 29.9. The van der Waals surface area contributed by atoms with Gasteiger partial charge in [-0.25, -0.2) is 0 Å². The minimum Gasteiger partial charge on any atom is -0.368 e. The number of amides is 1. The van der Waals surface area contributed by atoms with E-state index >= 15 is 0 Å². The lowest BCUT2D eigenvalue weighted by Crippen LogP contribution is -2.26. The number of hydrogen-bond donors (Lipinski definition) is 1. The fraction of sp³-hybridized carbons (Fsp3) is 0.833. The van der Waals surface area contributed by atoms with E-state index in [1.54, 1.807) is 0 Å². The lowest BCUT2D eigenvalue weighted by atomic mass is 10.1. The third kappa shape index (κ3) is 5.71. The Labute approximate surface area is 74.4 Å². The Morgan fingerprint density at radius 3 is 2.54 bits per heavy atom. The number of hydrogen-bond acceptors (Lipinski definition) is 5. The molecule has 0 aliphatic heterocycles. The quantitative estimate of drug-likeness (QED) is 0.263. The second kappa shape index (κ2) is 6.04. The van der Waals surface area contributed by atoms with Gasteiger partial charge in [-0.3, -0.25) is 14.9 Å². The molecular formula is C6H11N3O4. The van der Waals surface area contributed by atoms with Gasteiger partial charge >= 0.3 is 0 Å². The van der Waals surface area contributed by atoms with Crippen LogP contribution in [0.5, 0.6) is 0 Å². The van der Waals surface area contributed by atoms with E-state index in [0.717, 1.165) is 0 Å². The maximum absolute atomic E-state index is 10.5. The molecule has 2 N–H and O–H groups in total. The first-order valence-corrected chi connectivity index (χ1v) is 3.81. The Hall–Kier alpha value is -1.53. The molecule has 7 heteroatoms. The molecule has 0 bridgehead atoms. The molecule has 74 valence electrons. The number of carbonyl (C=O) groups is 1. The minimum atomic E-state index is -1.05. The predicted molar refractivity (Wildman–Crippen MR) is 44.5 cm³/mol. The first-order chi connectivity index (χ1) is 6.07. The normalized spacial score (nSPS) is 12.0. The molecule has 0 rings (SSSR count). The molecule has 0 saturated heterocycles. The van der Waals surface area contributed by atoms with Crippen molar-refractivity contribution in [2.75, 3.05) is 6.54 Å². The van der Waals surface area contributed by atoms with Gasteiger partial charge in [0.2, 0.25) is 12.5 Å². The molecule has 0 radical (unpaired) electrons. The van der Waals surface area contributed by atoms with E-state index in [4.69, 9.17) is 5.73 Å². The van der Waals surface area contributed by atoms with Gasteiger partial charge in [0, 0.05) is 11.3 Å². The van der Waals surface area contributed by atoms with Crippen molar-refractivity contribution in [2.24, 2.45) is 10.9 Å². The van der Waals surface area contributed by atoms with Crippen LogP contribution in [0.25, 0.3) is 0 Å². The van der Waals surface area contributed by atoms with Crippen LogP contribution in [0.1, 0.15) is 19.3 Å². The third-order valence-corrected chi connectivity index (χ3v) is 1.52. The maximum atomic E-state index is 10.5. The van der Waals surface area contributed by atoms with Crippen molar-refractivity contribution >= 4 is 5.91 Å². The van der Waals surface area contributed by atoms with Gasteiger partial charge in [0.1, 0.15) is 0 Å². The monoisotopic (exact) mass is 189 g/mol. The van der Waals surface area contributed by atoms with Crippen molar-refractivity contribution in [1.29, 1.82) is 0 Å². The van der Waals surface area contributed by atoms with Crippen molar-refractivity contribution in [2.45, 2.75) is 25.3 Å². The van der Waals surface area contributed by atoms with E-state index in [-0.39, 0.29) is 13.0 Å². The van der Waals surface area contributed by atoms with Gasteiger partial charge in [-0.15, -0.1) is 4.91 Å². The zero-order valence-corrected chi connectivity index (χ0v) is 7.01.